The van der Waals surface area contributed by atoms with Gasteiger partial charge in [0.15, 0.2) is 0 Å². The van der Waals surface area contributed by atoms with E-state index in [2.05, 4.69) is 5.32 Å². The number of carboxylic acid groups (broad SMARTS) is 1. The molecule has 1 rings (SSSR count). The molecule has 0 aromatic heterocycles. The van der Waals surface area contributed by atoms with E-state index in [1.54, 1.807) is 0 Å². The van der Waals surface area contributed by atoms with Gasteiger partial charge in [-0.15, -0.1) is 0 Å². The van der Waals surface area contributed by atoms with Crippen molar-refractivity contribution < 1.29 is 19.4 Å². The van der Waals surface area contributed by atoms with Gasteiger partial charge in [0.25, 0.3) is 0 Å². The Balaban J connectivity index is 2.32. The summed E-state index contributed by atoms with van der Waals surface area (Å²) in [7, 11) is 0. The third-order valence-electron chi connectivity index (χ3n) is 2.69. The number of carbonyl (C=O) groups excluding carboxylic acids is 1. The number of nitrogens with one attached hydrogen (secondary N) is 1. The minimum atomic E-state index is -1.07. The molecule has 15 heavy (non-hydrogen) atoms. The van der Waals surface area contributed by atoms with Crippen LogP contribution in [-0.4, -0.2) is 29.3 Å². The van der Waals surface area contributed by atoms with E-state index in [9.17, 15) is 9.59 Å². The molecule has 0 radical (unpaired) electrons. The van der Waals surface area contributed by atoms with Crippen molar-refractivity contribution in [2.24, 2.45) is 0 Å². The number of hydrogen-bond donors (Lipinski definition) is 2. The van der Waals surface area contributed by atoms with Gasteiger partial charge in [-0.1, -0.05) is 13.3 Å². The van der Waals surface area contributed by atoms with Gasteiger partial charge in [0.1, 0.15) is 5.54 Å². The second-order valence-corrected chi connectivity index (χ2v) is 3.86. The standard InChI is InChI=1S/C10H17NO4/c1-2-3-7-15-9(14)11-10(8(12)13)5-4-6-10/h2-7H2,1H3,(H,11,14)(H,12,13). The molecule has 2 N–H and O–H groups in total. The summed E-state index contributed by atoms with van der Waals surface area (Å²) < 4.78 is 4.85. The number of amides is 1. The number of unbranched alkanes of at least 4 members (excludes halogenated alkanes) is 1. The number of carboxylic acids is 1. The minimum absolute atomic E-state index is 0.345. The summed E-state index contributed by atoms with van der Waals surface area (Å²) in [4.78, 5) is 22.1. The molecule has 5 nitrogen and oxygen atoms in total. The normalized spacial score (nSPS) is 17.7. The Morgan fingerprint density at radius 3 is 2.53 bits per heavy atom. The first-order valence-corrected chi connectivity index (χ1v) is 5.29. The first kappa shape index (κ1) is 11.8. The molecule has 1 saturated carbocycles. The molecule has 1 fully saturated rings. The lowest BCUT2D eigenvalue weighted by Crippen LogP contribution is -2.59. The number of aliphatic carboxylic acids is 1. The van der Waals surface area contributed by atoms with Gasteiger partial charge in [-0.05, 0) is 25.7 Å². The van der Waals surface area contributed by atoms with Crippen molar-refractivity contribution in [1.29, 1.82) is 0 Å². The van der Waals surface area contributed by atoms with Crippen molar-refractivity contribution in [2.75, 3.05) is 6.61 Å². The summed E-state index contributed by atoms with van der Waals surface area (Å²) in [6.45, 7) is 2.34. The van der Waals surface area contributed by atoms with E-state index >= 15 is 0 Å². The maximum absolute atomic E-state index is 11.2. The molecule has 0 saturated heterocycles. The monoisotopic (exact) mass is 215 g/mol. The van der Waals surface area contributed by atoms with Crippen LogP contribution >= 0.6 is 0 Å². The maximum Gasteiger partial charge on any atom is 0.408 e. The molecule has 0 unspecified atom stereocenters. The highest BCUT2D eigenvalue weighted by molar-refractivity contribution is 5.85. The minimum Gasteiger partial charge on any atom is -0.480 e. The summed E-state index contributed by atoms with van der Waals surface area (Å²) in [6, 6.07) is 0. The van der Waals surface area contributed by atoms with Crippen molar-refractivity contribution in [3.8, 4) is 0 Å². The summed E-state index contributed by atoms with van der Waals surface area (Å²) in [5.41, 5.74) is -1.07. The molecular weight excluding hydrogens is 198 g/mol. The lowest BCUT2D eigenvalue weighted by Gasteiger charge is -2.37. The zero-order valence-corrected chi connectivity index (χ0v) is 8.91. The zero-order chi connectivity index (χ0) is 11.3. The molecule has 0 spiro atoms. The first-order valence-electron chi connectivity index (χ1n) is 5.29. The van der Waals surface area contributed by atoms with Crippen molar-refractivity contribution in [2.45, 2.75) is 44.6 Å². The van der Waals surface area contributed by atoms with Crippen LogP contribution in [0, 0.1) is 0 Å². The molecule has 5 heteroatoms. The highest BCUT2D eigenvalue weighted by Crippen LogP contribution is 2.32. The Labute approximate surface area is 88.8 Å². The van der Waals surface area contributed by atoms with E-state index in [4.69, 9.17) is 9.84 Å². The smallest absolute Gasteiger partial charge is 0.408 e. The molecule has 0 aromatic carbocycles. The van der Waals surface area contributed by atoms with E-state index in [1.807, 2.05) is 6.92 Å². The van der Waals surface area contributed by atoms with Gasteiger partial charge in [0, 0.05) is 0 Å². The fourth-order valence-electron chi connectivity index (χ4n) is 1.46. The predicted octanol–water partition coefficient (Wildman–Crippen LogP) is 1.52. The SMILES string of the molecule is CCCCOC(=O)NC1(C(=O)O)CCC1. The molecule has 0 bridgehead atoms. The number of carbonyl (C=O) groups is 2. The average molecular weight is 215 g/mol. The molecule has 1 aliphatic rings. The highest BCUT2D eigenvalue weighted by Gasteiger charge is 2.46. The third kappa shape index (κ3) is 2.84. The molecule has 0 atom stereocenters. The summed E-state index contributed by atoms with van der Waals surface area (Å²) >= 11 is 0. The Hall–Kier alpha value is -1.26. The largest absolute Gasteiger partial charge is 0.480 e. The molecule has 0 aromatic rings. The van der Waals surface area contributed by atoms with Crippen LogP contribution in [0.3, 0.4) is 0 Å². The van der Waals surface area contributed by atoms with Gasteiger partial charge in [-0.3, -0.25) is 0 Å². The van der Waals surface area contributed by atoms with Crippen LogP contribution in [0.15, 0.2) is 0 Å². The summed E-state index contributed by atoms with van der Waals surface area (Å²) in [5.74, 6) is -0.971. The molecular formula is C10H17NO4. The van der Waals surface area contributed by atoms with E-state index in [-0.39, 0.29) is 0 Å². The van der Waals surface area contributed by atoms with E-state index < -0.39 is 17.6 Å². The lowest BCUT2D eigenvalue weighted by molar-refractivity contribution is -0.148. The average Bonchev–Trinajstić information content (AvgIpc) is 2.11. The van der Waals surface area contributed by atoms with E-state index in [1.165, 1.54) is 0 Å². The van der Waals surface area contributed by atoms with Crippen LogP contribution in [-0.2, 0) is 9.53 Å². The molecule has 86 valence electrons. The van der Waals surface area contributed by atoms with Gasteiger partial charge in [0.2, 0.25) is 0 Å². The second-order valence-electron chi connectivity index (χ2n) is 3.86. The van der Waals surface area contributed by atoms with Gasteiger partial charge in [-0.25, -0.2) is 9.59 Å². The fourth-order valence-corrected chi connectivity index (χ4v) is 1.46. The highest BCUT2D eigenvalue weighted by atomic mass is 16.5. The summed E-state index contributed by atoms with van der Waals surface area (Å²) in [6.07, 6.45) is 2.94. The summed E-state index contributed by atoms with van der Waals surface area (Å²) in [5, 5.41) is 11.4. The van der Waals surface area contributed by atoms with Crippen LogP contribution < -0.4 is 5.32 Å². The number of ether oxygens (including phenoxy) is 1. The maximum atomic E-state index is 11.2. The second kappa shape index (κ2) is 5.00. The van der Waals surface area contributed by atoms with Crippen LogP contribution in [0.4, 0.5) is 4.79 Å². The van der Waals surface area contributed by atoms with E-state index in [0.29, 0.717) is 19.4 Å². The van der Waals surface area contributed by atoms with Crippen molar-refractivity contribution in [3.05, 3.63) is 0 Å². The number of hydrogen-bond acceptors (Lipinski definition) is 3. The fraction of sp³-hybridized carbons (Fsp3) is 0.800. The Kier molecular flexibility index (Phi) is 3.94. The van der Waals surface area contributed by atoms with Crippen molar-refractivity contribution in [3.63, 3.8) is 0 Å². The molecule has 1 aliphatic carbocycles. The molecule has 0 heterocycles. The first-order chi connectivity index (χ1) is 7.10. The predicted molar refractivity (Wildman–Crippen MR) is 53.6 cm³/mol. The molecule has 0 aliphatic heterocycles. The van der Waals surface area contributed by atoms with Gasteiger partial charge < -0.3 is 15.2 Å². The Bertz CT molecular complexity index is 248. The van der Waals surface area contributed by atoms with Crippen LogP contribution in [0.25, 0.3) is 0 Å². The van der Waals surface area contributed by atoms with Crippen molar-refractivity contribution in [1.82, 2.24) is 5.32 Å². The lowest BCUT2D eigenvalue weighted by atomic mass is 9.77. The Morgan fingerprint density at radius 1 is 1.47 bits per heavy atom. The van der Waals surface area contributed by atoms with Gasteiger partial charge >= 0.3 is 12.1 Å². The van der Waals surface area contributed by atoms with Crippen molar-refractivity contribution >= 4 is 12.1 Å². The van der Waals surface area contributed by atoms with Gasteiger partial charge in [-0.2, -0.15) is 0 Å². The molecule has 1 amide bonds. The Morgan fingerprint density at radius 2 is 2.13 bits per heavy atom. The van der Waals surface area contributed by atoms with Gasteiger partial charge in [0.05, 0.1) is 6.61 Å². The number of rotatable bonds is 5. The van der Waals surface area contributed by atoms with E-state index in [0.717, 1.165) is 19.3 Å². The van der Waals surface area contributed by atoms with Crippen LogP contribution in [0.5, 0.6) is 0 Å². The van der Waals surface area contributed by atoms with Crippen LogP contribution in [0.2, 0.25) is 0 Å². The van der Waals surface area contributed by atoms with Crippen LogP contribution in [0.1, 0.15) is 39.0 Å². The third-order valence-corrected chi connectivity index (χ3v) is 2.69. The number of alkyl carbamates (subject to hydrolysis) is 1. The zero-order valence-electron chi connectivity index (χ0n) is 8.91. The quantitative estimate of drug-likeness (QED) is 0.682. The topological polar surface area (TPSA) is 75.6 Å².